The van der Waals surface area contributed by atoms with E-state index in [9.17, 15) is 4.79 Å². The van der Waals surface area contributed by atoms with E-state index in [1.165, 1.54) is 0 Å². The van der Waals surface area contributed by atoms with Crippen molar-refractivity contribution in [3.63, 3.8) is 0 Å². The van der Waals surface area contributed by atoms with Gasteiger partial charge in [-0.25, -0.2) is 4.98 Å². The van der Waals surface area contributed by atoms with Gasteiger partial charge in [0.15, 0.2) is 0 Å². The number of rotatable bonds is 7. The van der Waals surface area contributed by atoms with Crippen molar-refractivity contribution in [2.45, 2.75) is 33.4 Å². The zero-order valence-corrected chi connectivity index (χ0v) is 13.4. The number of amides is 1. The summed E-state index contributed by atoms with van der Waals surface area (Å²) in [6, 6.07) is -0.216. The molecule has 2 N–H and O–H groups in total. The van der Waals surface area contributed by atoms with Gasteiger partial charge in [-0.15, -0.1) is 0 Å². The van der Waals surface area contributed by atoms with E-state index in [1.54, 1.807) is 0 Å². The Bertz CT molecular complexity index is 439. The molecule has 1 heterocycles. The molecule has 1 aromatic heterocycles. The Balaban J connectivity index is 2.48. The lowest BCUT2D eigenvalue weighted by molar-refractivity contribution is -0.122. The van der Waals surface area contributed by atoms with Gasteiger partial charge in [-0.05, 0) is 12.8 Å². The highest BCUT2D eigenvalue weighted by Crippen LogP contribution is 2.10. The van der Waals surface area contributed by atoms with E-state index in [0.717, 1.165) is 11.6 Å². The number of nitrogens with one attached hydrogen (secondary N) is 2. The minimum atomic E-state index is -0.216. The SMILES string of the molecule is CC(C)CNC(=O)C(C)NCc1cnc(N(C)C)n1C. The van der Waals surface area contributed by atoms with Crippen molar-refractivity contribution in [1.29, 1.82) is 0 Å². The van der Waals surface area contributed by atoms with Gasteiger partial charge in [0.05, 0.1) is 17.9 Å². The summed E-state index contributed by atoms with van der Waals surface area (Å²) in [5.41, 5.74) is 1.05. The molecular formula is C14H27N5O. The van der Waals surface area contributed by atoms with Crippen LogP contribution in [0.5, 0.6) is 0 Å². The molecule has 1 amide bonds. The van der Waals surface area contributed by atoms with Gasteiger partial charge in [-0.1, -0.05) is 13.8 Å². The zero-order chi connectivity index (χ0) is 15.3. The highest BCUT2D eigenvalue weighted by Gasteiger charge is 2.14. The second-order valence-corrected chi connectivity index (χ2v) is 5.74. The van der Waals surface area contributed by atoms with Crippen LogP contribution in [0.2, 0.25) is 0 Å². The summed E-state index contributed by atoms with van der Waals surface area (Å²) in [5.74, 6) is 1.40. The fourth-order valence-corrected chi connectivity index (χ4v) is 1.82. The maximum atomic E-state index is 11.9. The molecule has 6 heteroatoms. The van der Waals surface area contributed by atoms with Gasteiger partial charge in [0.25, 0.3) is 0 Å². The minimum Gasteiger partial charge on any atom is -0.354 e. The first-order chi connectivity index (χ1) is 9.32. The maximum absolute atomic E-state index is 11.9. The normalized spacial score (nSPS) is 12.6. The molecule has 1 rings (SSSR count). The van der Waals surface area contributed by atoms with Gasteiger partial charge in [0.1, 0.15) is 0 Å². The van der Waals surface area contributed by atoms with Crippen molar-refractivity contribution >= 4 is 11.9 Å². The number of anilines is 1. The average Bonchev–Trinajstić information content (AvgIpc) is 2.74. The van der Waals surface area contributed by atoms with Gasteiger partial charge < -0.3 is 20.1 Å². The molecule has 114 valence electrons. The van der Waals surface area contributed by atoms with Crippen molar-refractivity contribution in [3.8, 4) is 0 Å². The van der Waals surface area contributed by atoms with Crippen molar-refractivity contribution in [2.24, 2.45) is 13.0 Å². The largest absolute Gasteiger partial charge is 0.354 e. The third-order valence-corrected chi connectivity index (χ3v) is 3.13. The molecule has 0 bridgehead atoms. The fourth-order valence-electron chi connectivity index (χ4n) is 1.82. The molecule has 0 aliphatic rings. The third-order valence-electron chi connectivity index (χ3n) is 3.13. The average molecular weight is 281 g/mol. The van der Waals surface area contributed by atoms with Gasteiger partial charge in [0.2, 0.25) is 11.9 Å². The molecule has 1 unspecified atom stereocenters. The van der Waals surface area contributed by atoms with Crippen LogP contribution in [0.4, 0.5) is 5.95 Å². The first kappa shape index (κ1) is 16.5. The summed E-state index contributed by atoms with van der Waals surface area (Å²) >= 11 is 0. The quantitative estimate of drug-likeness (QED) is 0.774. The highest BCUT2D eigenvalue weighted by atomic mass is 16.2. The second-order valence-electron chi connectivity index (χ2n) is 5.74. The number of carbonyl (C=O) groups is 1. The van der Waals surface area contributed by atoms with E-state index in [2.05, 4.69) is 29.5 Å². The van der Waals surface area contributed by atoms with Gasteiger partial charge in [-0.3, -0.25) is 4.79 Å². The van der Waals surface area contributed by atoms with Crippen LogP contribution < -0.4 is 15.5 Å². The summed E-state index contributed by atoms with van der Waals surface area (Å²) in [6.07, 6.45) is 1.83. The predicted octanol–water partition coefficient (Wildman–Crippen LogP) is 0.736. The van der Waals surface area contributed by atoms with Crippen LogP contribution in [0.1, 0.15) is 26.5 Å². The molecule has 0 aliphatic carbocycles. The Morgan fingerprint density at radius 1 is 1.40 bits per heavy atom. The Hall–Kier alpha value is -1.56. The first-order valence-corrected chi connectivity index (χ1v) is 7.02. The highest BCUT2D eigenvalue weighted by molar-refractivity contribution is 5.81. The topological polar surface area (TPSA) is 62.2 Å². The lowest BCUT2D eigenvalue weighted by atomic mass is 10.2. The molecule has 6 nitrogen and oxygen atoms in total. The van der Waals surface area contributed by atoms with E-state index >= 15 is 0 Å². The molecule has 20 heavy (non-hydrogen) atoms. The predicted molar refractivity (Wildman–Crippen MR) is 81.7 cm³/mol. The standard InChI is InChI=1S/C14H27N5O/c1-10(2)7-16-13(20)11(3)15-8-12-9-17-14(18(4)5)19(12)6/h9-11,15H,7-8H2,1-6H3,(H,16,20). The van der Waals surface area contributed by atoms with Crippen molar-refractivity contribution in [2.75, 3.05) is 25.5 Å². The second kappa shape index (κ2) is 7.28. The molecule has 0 saturated carbocycles. The Morgan fingerprint density at radius 2 is 2.05 bits per heavy atom. The first-order valence-electron chi connectivity index (χ1n) is 7.02. The number of imidazole rings is 1. The number of aromatic nitrogens is 2. The fraction of sp³-hybridized carbons (Fsp3) is 0.714. The van der Waals surface area contributed by atoms with E-state index in [4.69, 9.17) is 0 Å². The maximum Gasteiger partial charge on any atom is 0.236 e. The van der Waals surface area contributed by atoms with Crippen LogP contribution >= 0.6 is 0 Å². The van der Waals surface area contributed by atoms with Crippen LogP contribution in [-0.2, 0) is 18.4 Å². The smallest absolute Gasteiger partial charge is 0.236 e. The van der Waals surface area contributed by atoms with Gasteiger partial charge in [0, 0.05) is 34.2 Å². The van der Waals surface area contributed by atoms with E-state index in [1.807, 2.05) is 43.7 Å². The molecule has 1 aromatic rings. The van der Waals surface area contributed by atoms with E-state index < -0.39 is 0 Å². The Kier molecular flexibility index (Phi) is 6.01. The molecule has 1 atom stereocenters. The molecule has 0 fully saturated rings. The molecular weight excluding hydrogens is 254 g/mol. The molecule has 0 spiro atoms. The number of hydrogen-bond acceptors (Lipinski definition) is 4. The Morgan fingerprint density at radius 3 is 2.55 bits per heavy atom. The van der Waals surface area contributed by atoms with Crippen LogP contribution in [0.15, 0.2) is 6.20 Å². The monoisotopic (exact) mass is 281 g/mol. The van der Waals surface area contributed by atoms with Gasteiger partial charge >= 0.3 is 0 Å². The summed E-state index contributed by atoms with van der Waals surface area (Å²) < 4.78 is 2.02. The Labute approximate surface area is 121 Å². The summed E-state index contributed by atoms with van der Waals surface area (Å²) in [5, 5.41) is 6.15. The van der Waals surface area contributed by atoms with Crippen molar-refractivity contribution in [1.82, 2.24) is 20.2 Å². The van der Waals surface area contributed by atoms with E-state index in [-0.39, 0.29) is 11.9 Å². The molecule has 0 aliphatic heterocycles. The lowest BCUT2D eigenvalue weighted by Gasteiger charge is -2.16. The van der Waals surface area contributed by atoms with Crippen LogP contribution in [-0.4, -0.2) is 42.1 Å². The van der Waals surface area contributed by atoms with Crippen LogP contribution in [0.25, 0.3) is 0 Å². The number of carbonyl (C=O) groups excluding carboxylic acids is 1. The van der Waals surface area contributed by atoms with Crippen LogP contribution in [0, 0.1) is 5.92 Å². The molecule has 0 aromatic carbocycles. The van der Waals surface area contributed by atoms with Crippen LogP contribution in [0.3, 0.4) is 0 Å². The number of nitrogens with zero attached hydrogens (tertiary/aromatic N) is 3. The summed E-state index contributed by atoms with van der Waals surface area (Å²) in [4.78, 5) is 18.2. The van der Waals surface area contributed by atoms with Crippen molar-refractivity contribution < 1.29 is 4.79 Å². The summed E-state index contributed by atoms with van der Waals surface area (Å²) in [6.45, 7) is 7.36. The summed E-state index contributed by atoms with van der Waals surface area (Å²) in [7, 11) is 5.89. The van der Waals surface area contributed by atoms with E-state index in [0.29, 0.717) is 19.0 Å². The molecule has 0 saturated heterocycles. The number of hydrogen-bond donors (Lipinski definition) is 2. The van der Waals surface area contributed by atoms with Crippen molar-refractivity contribution in [3.05, 3.63) is 11.9 Å². The lowest BCUT2D eigenvalue weighted by Crippen LogP contribution is -2.43. The zero-order valence-electron chi connectivity index (χ0n) is 13.4. The van der Waals surface area contributed by atoms with Gasteiger partial charge in [-0.2, -0.15) is 0 Å². The molecule has 0 radical (unpaired) electrons. The third kappa shape index (κ3) is 4.52. The minimum absolute atomic E-state index is 0.0358.